The van der Waals surface area contributed by atoms with Crippen molar-refractivity contribution in [3.05, 3.63) is 56.9 Å². The van der Waals surface area contributed by atoms with Crippen molar-refractivity contribution in [3.63, 3.8) is 0 Å². The third kappa shape index (κ3) is 5.79. The number of allylic oxidation sites excluding steroid dienone is 2. The molecule has 0 saturated carbocycles. The quantitative estimate of drug-likeness (QED) is 0.251. The summed E-state index contributed by atoms with van der Waals surface area (Å²) in [6, 6.07) is -0.309. The van der Waals surface area contributed by atoms with Gasteiger partial charge in [0, 0.05) is 41.7 Å². The molecule has 4 rings (SSSR count). The second-order valence-electron chi connectivity index (χ2n) is 8.70. The van der Waals surface area contributed by atoms with Gasteiger partial charge in [-0.05, 0) is 62.8 Å². The maximum absolute atomic E-state index is 13.0. The molecule has 0 bridgehead atoms. The van der Waals surface area contributed by atoms with Gasteiger partial charge in [0.15, 0.2) is 0 Å². The van der Waals surface area contributed by atoms with Gasteiger partial charge >= 0.3 is 12.0 Å². The summed E-state index contributed by atoms with van der Waals surface area (Å²) in [6.07, 6.45) is 11.7. The Morgan fingerprint density at radius 1 is 1.14 bits per heavy atom. The summed E-state index contributed by atoms with van der Waals surface area (Å²) in [5.41, 5.74) is 4.06. The number of aryl methyl sites for hydroxylation is 1. The van der Waals surface area contributed by atoms with Gasteiger partial charge in [-0.2, -0.15) is 0 Å². The zero-order chi connectivity index (χ0) is 24.8. The first-order chi connectivity index (χ1) is 17.0. The van der Waals surface area contributed by atoms with E-state index < -0.39 is 0 Å². The molecule has 0 unspecified atom stereocenters. The molecule has 3 heterocycles. The van der Waals surface area contributed by atoms with Crippen molar-refractivity contribution < 1.29 is 14.3 Å². The van der Waals surface area contributed by atoms with Gasteiger partial charge in [0.05, 0.1) is 12.2 Å². The van der Waals surface area contributed by atoms with E-state index in [1.54, 1.807) is 24.3 Å². The summed E-state index contributed by atoms with van der Waals surface area (Å²) in [4.78, 5) is 30.4. The van der Waals surface area contributed by atoms with Crippen molar-refractivity contribution in [3.8, 4) is 0 Å². The molecule has 0 radical (unpaired) electrons. The lowest BCUT2D eigenvalue weighted by atomic mass is 10.0. The lowest BCUT2D eigenvalue weighted by molar-refractivity contribution is 0.0527. The number of carbonyl (C=O) groups is 2. The minimum Gasteiger partial charge on any atom is -0.462 e. The smallest absolute Gasteiger partial charge is 0.341 e. The number of anilines is 2. The van der Waals surface area contributed by atoms with E-state index in [4.69, 9.17) is 4.74 Å². The summed E-state index contributed by atoms with van der Waals surface area (Å²) in [5, 5.41) is 11.2. The Hall–Kier alpha value is -2.62. The third-order valence-electron chi connectivity index (χ3n) is 6.34. The third-order valence-corrected chi connectivity index (χ3v) is 8.91. The monoisotopic (exact) mass is 514 g/mol. The molecule has 188 valence electrons. The van der Waals surface area contributed by atoms with Crippen LogP contribution in [0.25, 0.3) is 0 Å². The molecule has 9 heteroatoms. The van der Waals surface area contributed by atoms with E-state index in [9.17, 15) is 9.59 Å². The van der Waals surface area contributed by atoms with E-state index in [1.807, 2.05) is 19.3 Å². The first kappa shape index (κ1) is 25.5. The summed E-state index contributed by atoms with van der Waals surface area (Å²) < 4.78 is 5.34. The average Bonchev–Trinajstić information content (AvgIpc) is 3.30. The van der Waals surface area contributed by atoms with Gasteiger partial charge in [0.2, 0.25) is 0 Å². The highest BCUT2D eigenvalue weighted by atomic mass is 32.1. The van der Waals surface area contributed by atoms with Gasteiger partial charge < -0.3 is 20.3 Å². The molecule has 1 aliphatic heterocycles. The lowest BCUT2D eigenvalue weighted by Crippen LogP contribution is -2.30. The Kier molecular flexibility index (Phi) is 8.64. The Bertz CT molecular complexity index is 1120. The predicted molar refractivity (Wildman–Crippen MR) is 145 cm³/mol. The fraction of sp³-hybridized carbons (Fsp3) is 0.462. The molecular weight excluding hydrogens is 480 g/mol. The highest BCUT2D eigenvalue weighted by molar-refractivity contribution is 7.17. The van der Waals surface area contributed by atoms with Gasteiger partial charge in [-0.15, -0.1) is 22.7 Å². The van der Waals surface area contributed by atoms with Crippen molar-refractivity contribution in [2.24, 2.45) is 0 Å². The normalized spacial score (nSPS) is 15.1. The summed E-state index contributed by atoms with van der Waals surface area (Å²) in [5.74, 6) is -0.348. The van der Waals surface area contributed by atoms with Gasteiger partial charge in [0.1, 0.15) is 10.0 Å². The minimum atomic E-state index is -0.348. The second-order valence-corrected chi connectivity index (χ2v) is 10.9. The van der Waals surface area contributed by atoms with Crippen LogP contribution in [0.2, 0.25) is 0 Å². The molecule has 2 aliphatic rings. The number of ether oxygens (including phenoxy) is 1. The Balaban J connectivity index is 1.53. The molecule has 1 aliphatic carbocycles. The second kappa shape index (κ2) is 11.9. The molecule has 2 aromatic rings. The number of nitrogens with one attached hydrogen (secondary N) is 3. The number of hydrogen-bond acceptors (Lipinski definition) is 7. The topological polar surface area (TPSA) is 82.7 Å². The van der Waals surface area contributed by atoms with Gasteiger partial charge in [-0.25, -0.2) is 9.59 Å². The number of amides is 2. The van der Waals surface area contributed by atoms with Crippen molar-refractivity contribution in [1.82, 2.24) is 10.6 Å². The van der Waals surface area contributed by atoms with Crippen LogP contribution < -0.4 is 20.9 Å². The fourth-order valence-corrected chi connectivity index (χ4v) is 7.23. The van der Waals surface area contributed by atoms with Crippen LogP contribution in [0.5, 0.6) is 0 Å². The standard InChI is InChI=1S/C26H34N4O3S2/c1-4-6-14-30(3)24-19(17-12-13-27-16-21(17)35-24)15-28-26(32)29-23-22(25(31)33-5-2)18-10-8-7-9-11-20(18)34-23/h4,6,14,27H,1,5,7-13,15-16H2,2-3H3,(H2,28,29,32)/b14-6-. The first-order valence-corrected chi connectivity index (χ1v) is 13.9. The maximum atomic E-state index is 13.0. The van der Waals surface area contributed by atoms with Gasteiger partial charge in [-0.1, -0.05) is 19.1 Å². The number of thiophene rings is 2. The Morgan fingerprint density at radius 3 is 2.77 bits per heavy atom. The fourth-order valence-electron chi connectivity index (χ4n) is 4.68. The molecular formula is C26H34N4O3S2. The first-order valence-electron chi connectivity index (χ1n) is 12.3. The van der Waals surface area contributed by atoms with Crippen molar-refractivity contribution in [2.75, 3.05) is 30.4 Å². The molecule has 0 fully saturated rings. The van der Waals surface area contributed by atoms with E-state index in [1.165, 1.54) is 26.7 Å². The number of rotatable bonds is 8. The zero-order valence-corrected chi connectivity index (χ0v) is 22.1. The largest absolute Gasteiger partial charge is 0.462 e. The number of urea groups is 1. The van der Waals surface area contributed by atoms with E-state index in [-0.39, 0.29) is 12.0 Å². The SMILES string of the molecule is C=C/C=C\N(C)c1sc2c(c1CNC(=O)Nc1sc3c(c1C(=O)OCC)CCCCC3)CCNC2. The van der Waals surface area contributed by atoms with Gasteiger partial charge in [-0.3, -0.25) is 5.32 Å². The maximum Gasteiger partial charge on any atom is 0.341 e. The van der Waals surface area contributed by atoms with Crippen LogP contribution >= 0.6 is 22.7 Å². The molecule has 7 nitrogen and oxygen atoms in total. The van der Waals surface area contributed by atoms with Crippen molar-refractivity contribution in [1.29, 1.82) is 0 Å². The lowest BCUT2D eigenvalue weighted by Gasteiger charge is -2.17. The average molecular weight is 515 g/mol. The Morgan fingerprint density at radius 2 is 1.97 bits per heavy atom. The highest BCUT2D eigenvalue weighted by Crippen LogP contribution is 2.39. The van der Waals surface area contributed by atoms with Crippen LogP contribution in [0.4, 0.5) is 14.8 Å². The molecule has 0 spiro atoms. The zero-order valence-electron chi connectivity index (χ0n) is 20.5. The van der Waals surface area contributed by atoms with Crippen LogP contribution in [0, 0.1) is 0 Å². The predicted octanol–water partition coefficient (Wildman–Crippen LogP) is 5.36. The summed E-state index contributed by atoms with van der Waals surface area (Å²) >= 11 is 3.27. The van der Waals surface area contributed by atoms with Crippen molar-refractivity contribution in [2.45, 2.75) is 58.5 Å². The molecule has 3 N–H and O–H groups in total. The molecule has 2 aromatic heterocycles. The Labute approximate surface area is 215 Å². The van der Waals surface area contributed by atoms with E-state index in [0.717, 1.165) is 67.7 Å². The molecule has 0 atom stereocenters. The summed E-state index contributed by atoms with van der Waals surface area (Å²) in [6.45, 7) is 8.06. The molecule has 0 aromatic carbocycles. The van der Waals surface area contributed by atoms with Gasteiger partial charge in [0.25, 0.3) is 0 Å². The molecule has 35 heavy (non-hydrogen) atoms. The van der Waals surface area contributed by atoms with E-state index in [2.05, 4.69) is 27.4 Å². The minimum absolute atomic E-state index is 0.309. The number of nitrogens with zero attached hydrogens (tertiary/aromatic N) is 1. The van der Waals surface area contributed by atoms with E-state index >= 15 is 0 Å². The van der Waals surface area contributed by atoms with Crippen LogP contribution in [0.15, 0.2) is 24.9 Å². The van der Waals surface area contributed by atoms with Crippen LogP contribution in [-0.2, 0) is 37.1 Å². The molecule has 2 amide bonds. The van der Waals surface area contributed by atoms with Crippen molar-refractivity contribution >= 4 is 44.7 Å². The van der Waals surface area contributed by atoms with E-state index in [0.29, 0.717) is 23.7 Å². The number of hydrogen-bond donors (Lipinski definition) is 3. The highest BCUT2D eigenvalue weighted by Gasteiger charge is 2.27. The number of fused-ring (bicyclic) bond motifs is 2. The number of carbonyl (C=O) groups excluding carboxylic acids is 2. The van der Waals surface area contributed by atoms with Crippen LogP contribution in [-0.4, -0.2) is 32.2 Å². The van der Waals surface area contributed by atoms with Crippen LogP contribution in [0.3, 0.4) is 0 Å². The van der Waals surface area contributed by atoms with Crippen LogP contribution in [0.1, 0.15) is 63.0 Å². The summed E-state index contributed by atoms with van der Waals surface area (Å²) in [7, 11) is 2.01. The molecule has 0 saturated heterocycles. The number of esters is 1.